The van der Waals surface area contributed by atoms with Crippen LogP contribution in [0.5, 0.6) is 0 Å². The number of guanidine groups is 2. The Balaban J connectivity index is 1.31. The zero-order valence-electron chi connectivity index (χ0n) is 20.0. The lowest BCUT2D eigenvalue weighted by molar-refractivity contribution is -0.232. The van der Waals surface area contributed by atoms with Gasteiger partial charge in [-0.3, -0.25) is 25.3 Å². The number of para-hydroxylation sites is 1. The molecule has 1 spiro atoms. The number of likely N-dealkylation sites (N-methyl/N-ethyl adjacent to an activating group) is 1. The summed E-state index contributed by atoms with van der Waals surface area (Å²) in [5.74, 6) is -4.01. The van der Waals surface area contributed by atoms with E-state index < -0.39 is 47.4 Å². The number of anilines is 1. The van der Waals surface area contributed by atoms with Gasteiger partial charge in [0.05, 0.1) is 29.9 Å². The van der Waals surface area contributed by atoms with E-state index in [2.05, 4.69) is 26.6 Å². The molecule has 37 heavy (non-hydrogen) atoms. The highest BCUT2D eigenvalue weighted by atomic mass is 16.5. The molecule has 15 nitrogen and oxygen atoms in total. The number of nitrogens with one attached hydrogen (secondary N) is 7. The van der Waals surface area contributed by atoms with Crippen LogP contribution >= 0.6 is 0 Å². The highest BCUT2D eigenvalue weighted by Gasteiger charge is 2.74. The number of imide groups is 1. The van der Waals surface area contributed by atoms with Crippen LogP contribution in [0.4, 0.5) is 10.5 Å². The van der Waals surface area contributed by atoms with E-state index in [9.17, 15) is 24.6 Å². The van der Waals surface area contributed by atoms with Crippen molar-refractivity contribution in [2.24, 2.45) is 0 Å². The van der Waals surface area contributed by atoms with Gasteiger partial charge >= 0.3 is 6.03 Å². The Morgan fingerprint density at radius 3 is 2.76 bits per heavy atom. The zero-order chi connectivity index (χ0) is 26.3. The predicted octanol–water partition coefficient (Wildman–Crippen LogP) is -3.26. The molecule has 0 aliphatic carbocycles. The summed E-state index contributed by atoms with van der Waals surface area (Å²) in [7, 11) is 1.50. The van der Waals surface area contributed by atoms with Crippen molar-refractivity contribution in [1.82, 2.24) is 36.0 Å². The number of hydrogen-bond acceptors (Lipinski definition) is 8. The summed E-state index contributed by atoms with van der Waals surface area (Å²) < 4.78 is 0. The zero-order valence-corrected chi connectivity index (χ0v) is 20.0. The van der Waals surface area contributed by atoms with Gasteiger partial charge in [-0.25, -0.2) is 4.79 Å². The molecule has 0 saturated carbocycles. The second-order valence-corrected chi connectivity index (χ2v) is 10.0. The van der Waals surface area contributed by atoms with Crippen molar-refractivity contribution >= 4 is 35.5 Å². The summed E-state index contributed by atoms with van der Waals surface area (Å²) in [5, 5.41) is 54.5. The first-order valence-corrected chi connectivity index (χ1v) is 12.0. The minimum atomic E-state index is -2.66. The predicted molar refractivity (Wildman–Crippen MR) is 129 cm³/mol. The smallest absolute Gasteiger partial charge is 0.327 e. The molecule has 15 heteroatoms. The van der Waals surface area contributed by atoms with E-state index in [0.717, 1.165) is 16.9 Å². The average molecular weight is 513 g/mol. The third kappa shape index (κ3) is 3.10. The van der Waals surface area contributed by atoms with E-state index in [4.69, 9.17) is 10.8 Å². The number of fused-ring (bicyclic) bond motifs is 1. The van der Waals surface area contributed by atoms with Gasteiger partial charge < -0.3 is 46.6 Å². The Morgan fingerprint density at radius 1 is 1.24 bits per heavy atom. The largest absolute Gasteiger partial charge is 0.384 e. The fraction of sp³-hybridized carbons (Fsp3) is 0.500. The summed E-state index contributed by atoms with van der Waals surface area (Å²) in [5.41, 5.74) is 0.241. The number of benzene rings is 1. The van der Waals surface area contributed by atoms with Crippen molar-refractivity contribution in [3.8, 4) is 0 Å². The van der Waals surface area contributed by atoms with Gasteiger partial charge in [-0.2, -0.15) is 0 Å². The number of amides is 4. The molecule has 6 rings (SSSR count). The number of carbonyl (C=O) groups excluding carboxylic acids is 3. The van der Waals surface area contributed by atoms with Gasteiger partial charge in [0.2, 0.25) is 11.7 Å². The molecule has 4 saturated heterocycles. The lowest BCUT2D eigenvalue weighted by Gasteiger charge is -2.51. The van der Waals surface area contributed by atoms with E-state index in [1.807, 2.05) is 6.07 Å². The maximum atomic E-state index is 13.3. The molecular formula is C22H28N10O5. The first-order chi connectivity index (χ1) is 17.5. The van der Waals surface area contributed by atoms with Crippen molar-refractivity contribution in [3.05, 3.63) is 29.3 Å². The summed E-state index contributed by atoms with van der Waals surface area (Å²) >= 11 is 0. The van der Waals surface area contributed by atoms with Crippen LogP contribution in [-0.4, -0.2) is 117 Å². The Labute approximate surface area is 211 Å². The quantitative estimate of drug-likeness (QED) is 0.145. The molecular weight excluding hydrogens is 484 g/mol. The standard InChI is InChI=1S/C22H28N10O5/c1-30-9-14(33)31(20(30)35)7-12-16-21(29-18(23)28-16)22(36,37)13(8-32(21)19(24)26-12)27-17(34)11-4-2-3-10-5-6-25-15(10)11/h2-4,12-13,16,25,36-37H,5-9H2,1H3,(H2,24,26)(H,27,34)(H3,23,28,29)/t12-,13?,16-,21-/m0/s1. The second kappa shape index (κ2) is 7.69. The third-order valence-electron chi connectivity index (χ3n) is 7.90. The fourth-order valence-electron chi connectivity index (χ4n) is 6.14. The first-order valence-electron chi connectivity index (χ1n) is 12.0. The van der Waals surface area contributed by atoms with Gasteiger partial charge in [0, 0.05) is 20.1 Å². The monoisotopic (exact) mass is 512 g/mol. The van der Waals surface area contributed by atoms with Crippen LogP contribution in [0.15, 0.2) is 18.2 Å². The van der Waals surface area contributed by atoms with Crippen LogP contribution in [0, 0.1) is 10.8 Å². The van der Waals surface area contributed by atoms with Gasteiger partial charge in [-0.05, 0) is 18.1 Å². The topological polar surface area (TPSA) is 209 Å². The lowest BCUT2D eigenvalue weighted by atomic mass is 9.84. The Morgan fingerprint density at radius 2 is 2.03 bits per heavy atom. The van der Waals surface area contributed by atoms with Crippen molar-refractivity contribution < 1.29 is 24.6 Å². The van der Waals surface area contributed by atoms with Gasteiger partial charge in [-0.1, -0.05) is 12.1 Å². The number of hydrogen-bond donors (Lipinski definition) is 9. The Hall–Kier alpha value is -4.11. The number of urea groups is 1. The molecule has 0 bridgehead atoms. The molecule has 0 aromatic heterocycles. The van der Waals surface area contributed by atoms with Crippen LogP contribution in [-0.2, 0) is 11.2 Å². The van der Waals surface area contributed by atoms with Gasteiger partial charge in [0.25, 0.3) is 5.91 Å². The maximum absolute atomic E-state index is 13.3. The summed E-state index contributed by atoms with van der Waals surface area (Å²) in [4.78, 5) is 41.8. The maximum Gasteiger partial charge on any atom is 0.327 e. The number of rotatable bonds is 4. The van der Waals surface area contributed by atoms with Crippen molar-refractivity contribution in [2.75, 3.05) is 38.5 Å². The molecule has 5 aliphatic rings. The molecule has 4 fully saturated rings. The molecule has 9 N–H and O–H groups in total. The van der Waals surface area contributed by atoms with Gasteiger partial charge in [0.1, 0.15) is 12.6 Å². The molecule has 4 amide bonds. The summed E-state index contributed by atoms with van der Waals surface area (Å²) in [6.45, 7) is 0.303. The summed E-state index contributed by atoms with van der Waals surface area (Å²) in [6, 6.07) is 1.79. The van der Waals surface area contributed by atoms with Crippen molar-refractivity contribution in [3.63, 3.8) is 0 Å². The summed E-state index contributed by atoms with van der Waals surface area (Å²) in [6.07, 6.45) is 0.780. The third-order valence-corrected chi connectivity index (χ3v) is 7.90. The van der Waals surface area contributed by atoms with Gasteiger partial charge in [0.15, 0.2) is 17.6 Å². The molecule has 1 unspecified atom stereocenters. The van der Waals surface area contributed by atoms with E-state index in [0.29, 0.717) is 17.8 Å². The molecule has 0 radical (unpaired) electrons. The molecule has 1 aromatic carbocycles. The normalized spacial score (nSPS) is 31.3. The molecule has 5 aliphatic heterocycles. The minimum absolute atomic E-state index is 0.0808. The van der Waals surface area contributed by atoms with Crippen LogP contribution in [0.1, 0.15) is 15.9 Å². The van der Waals surface area contributed by atoms with Crippen LogP contribution in [0.3, 0.4) is 0 Å². The number of aliphatic hydroxyl groups is 2. The first kappa shape index (κ1) is 23.3. The molecule has 196 valence electrons. The van der Waals surface area contributed by atoms with Gasteiger partial charge in [-0.15, -0.1) is 0 Å². The number of nitrogens with zero attached hydrogens (tertiary/aromatic N) is 3. The van der Waals surface area contributed by atoms with E-state index in [-0.39, 0.29) is 31.6 Å². The molecule has 4 atom stereocenters. The Kier molecular flexibility index (Phi) is 4.84. The van der Waals surface area contributed by atoms with E-state index in [1.54, 1.807) is 12.1 Å². The lowest BCUT2D eigenvalue weighted by Crippen LogP contribution is -2.81. The van der Waals surface area contributed by atoms with Crippen molar-refractivity contribution in [2.45, 2.75) is 36.0 Å². The van der Waals surface area contributed by atoms with Crippen LogP contribution in [0.2, 0.25) is 0 Å². The highest BCUT2D eigenvalue weighted by Crippen LogP contribution is 2.43. The fourth-order valence-corrected chi connectivity index (χ4v) is 6.14. The van der Waals surface area contributed by atoms with E-state index >= 15 is 0 Å². The van der Waals surface area contributed by atoms with E-state index in [1.165, 1.54) is 16.8 Å². The van der Waals surface area contributed by atoms with Crippen molar-refractivity contribution in [1.29, 1.82) is 10.8 Å². The second-order valence-electron chi connectivity index (χ2n) is 10.0. The number of carbonyl (C=O) groups is 3. The minimum Gasteiger partial charge on any atom is -0.384 e. The SMILES string of the molecule is CN1CC(=O)N(C[C@@H]2NC(=N)N3CC(NC(=O)c4cccc5c4NCC5)C(O)(O)[C@@]34NC(=N)N[C@@H]24)C1=O. The molecule has 1 aromatic rings. The Bertz CT molecular complexity index is 1250. The average Bonchev–Trinajstić information content (AvgIpc) is 3.57. The molecule has 5 heterocycles. The van der Waals surface area contributed by atoms with Crippen LogP contribution < -0.4 is 26.6 Å². The highest BCUT2D eigenvalue weighted by molar-refractivity contribution is 6.02. The van der Waals surface area contributed by atoms with Crippen LogP contribution in [0.25, 0.3) is 0 Å².